The number of fused-ring (bicyclic) bond motifs is 5. The van der Waals surface area contributed by atoms with Crippen molar-refractivity contribution >= 4 is 86.4 Å². The van der Waals surface area contributed by atoms with Gasteiger partial charge < -0.3 is 9.80 Å². The van der Waals surface area contributed by atoms with Crippen LogP contribution in [0, 0.1) is 0 Å². The van der Waals surface area contributed by atoms with Crippen LogP contribution in [0.2, 0.25) is 0 Å². The maximum absolute atomic E-state index is 2.37. The van der Waals surface area contributed by atoms with Gasteiger partial charge in [0.15, 0.2) is 0 Å². The number of nitrogens with zero attached hydrogens (tertiary/aromatic N) is 2. The molecule has 0 fully saturated rings. The van der Waals surface area contributed by atoms with E-state index in [2.05, 4.69) is 168 Å². The SMILES string of the molecule is c1ccc(N(c2ccccc2)c2ccc3sc4c5cc(N(c6ccccc6)c6ccccc6)ccc5sc4c3c2)cc1. The van der Waals surface area contributed by atoms with E-state index in [1.165, 1.54) is 29.6 Å². The molecule has 0 N–H and O–H groups in total. The minimum absolute atomic E-state index is 1.15. The molecule has 4 heteroatoms. The van der Waals surface area contributed by atoms with Crippen LogP contribution in [0.4, 0.5) is 34.1 Å². The summed E-state index contributed by atoms with van der Waals surface area (Å²) in [5, 5.41) is 2.63. The van der Waals surface area contributed by atoms with E-state index in [4.69, 9.17) is 0 Å². The summed E-state index contributed by atoms with van der Waals surface area (Å²) in [4.78, 5) is 4.68. The van der Waals surface area contributed by atoms with Crippen molar-refractivity contribution in [1.82, 2.24) is 0 Å². The standard InChI is InChI=1S/C38H26N2S2/c1-5-13-27(14-6-1)39(28-15-7-2-8-16-28)31-21-23-35-33(25-31)37-38(41-35)34-26-32(22-24-36(34)42-37)40(29-17-9-3-10-18-29)30-19-11-4-12-20-30/h1-26H. The lowest BCUT2D eigenvalue weighted by molar-refractivity contribution is 1.29. The molecule has 0 spiro atoms. The van der Waals surface area contributed by atoms with E-state index in [0.29, 0.717) is 0 Å². The second kappa shape index (κ2) is 10.5. The Labute approximate surface area is 253 Å². The Hall–Kier alpha value is -4.90. The molecule has 0 radical (unpaired) electrons. The summed E-state index contributed by atoms with van der Waals surface area (Å²) in [7, 11) is 0. The highest BCUT2D eigenvalue weighted by Crippen LogP contribution is 2.48. The van der Waals surface area contributed by atoms with Gasteiger partial charge >= 0.3 is 0 Å². The third kappa shape index (κ3) is 4.33. The van der Waals surface area contributed by atoms with Crippen molar-refractivity contribution in [3.63, 3.8) is 0 Å². The number of hydrogen-bond donors (Lipinski definition) is 0. The summed E-state index contributed by atoms with van der Waals surface area (Å²) < 4.78 is 5.35. The van der Waals surface area contributed by atoms with Crippen molar-refractivity contribution in [3.05, 3.63) is 158 Å². The maximum atomic E-state index is 2.37. The van der Waals surface area contributed by atoms with Crippen LogP contribution in [0.3, 0.4) is 0 Å². The van der Waals surface area contributed by atoms with Crippen molar-refractivity contribution in [3.8, 4) is 0 Å². The molecule has 200 valence electrons. The minimum Gasteiger partial charge on any atom is -0.310 e. The van der Waals surface area contributed by atoms with E-state index in [-0.39, 0.29) is 0 Å². The van der Waals surface area contributed by atoms with Crippen molar-refractivity contribution in [1.29, 1.82) is 0 Å². The summed E-state index contributed by atoms with van der Waals surface area (Å²) >= 11 is 3.79. The fraction of sp³-hybridized carbons (Fsp3) is 0. The molecule has 2 nitrogen and oxygen atoms in total. The summed E-state index contributed by atoms with van der Waals surface area (Å²) in [6.45, 7) is 0. The number of hydrogen-bond acceptors (Lipinski definition) is 4. The van der Waals surface area contributed by atoms with Crippen LogP contribution in [-0.4, -0.2) is 0 Å². The molecule has 2 heterocycles. The second-order valence-electron chi connectivity index (χ2n) is 10.2. The van der Waals surface area contributed by atoms with Gasteiger partial charge in [0.1, 0.15) is 0 Å². The third-order valence-electron chi connectivity index (χ3n) is 7.62. The molecule has 0 amide bonds. The first kappa shape index (κ1) is 24.9. The molecule has 6 aromatic carbocycles. The van der Waals surface area contributed by atoms with Gasteiger partial charge in [0.05, 0.1) is 9.40 Å². The van der Waals surface area contributed by atoms with Crippen LogP contribution in [0.5, 0.6) is 0 Å². The molecule has 0 aliphatic carbocycles. The molecule has 0 saturated carbocycles. The normalized spacial score (nSPS) is 11.3. The molecule has 0 aliphatic rings. The van der Waals surface area contributed by atoms with Crippen molar-refractivity contribution in [2.75, 3.05) is 9.80 Å². The molecule has 0 saturated heterocycles. The summed E-state index contributed by atoms with van der Waals surface area (Å²) in [6, 6.07) is 56.3. The number of para-hydroxylation sites is 4. The molecule has 0 aliphatic heterocycles. The fourth-order valence-electron chi connectivity index (χ4n) is 5.72. The van der Waals surface area contributed by atoms with Crippen molar-refractivity contribution in [2.24, 2.45) is 0 Å². The van der Waals surface area contributed by atoms with Gasteiger partial charge in [-0.15, -0.1) is 22.7 Å². The largest absolute Gasteiger partial charge is 0.310 e. The Balaban J connectivity index is 1.29. The Morgan fingerprint density at radius 2 is 0.619 bits per heavy atom. The van der Waals surface area contributed by atoms with Gasteiger partial charge in [0.25, 0.3) is 0 Å². The Morgan fingerprint density at radius 3 is 0.929 bits per heavy atom. The summed E-state index contributed by atoms with van der Waals surface area (Å²) in [6.07, 6.45) is 0. The van der Waals surface area contributed by atoms with Gasteiger partial charge in [-0.3, -0.25) is 0 Å². The predicted molar refractivity (Wildman–Crippen MR) is 184 cm³/mol. The van der Waals surface area contributed by atoms with Crippen LogP contribution in [0.1, 0.15) is 0 Å². The fourth-order valence-corrected chi connectivity index (χ4v) is 8.31. The molecule has 2 aromatic heterocycles. The number of anilines is 6. The molecule has 0 unspecified atom stereocenters. The maximum Gasteiger partial charge on any atom is 0.0542 e. The lowest BCUT2D eigenvalue weighted by atomic mass is 10.1. The first-order valence-corrected chi connectivity index (χ1v) is 15.7. The highest BCUT2D eigenvalue weighted by atomic mass is 32.1. The Bertz CT molecular complexity index is 1900. The number of thiophene rings is 2. The second-order valence-corrected chi connectivity index (χ2v) is 12.3. The Kier molecular flexibility index (Phi) is 6.21. The number of benzene rings is 6. The van der Waals surface area contributed by atoms with Crippen LogP contribution in [0.15, 0.2) is 158 Å². The summed E-state index contributed by atoms with van der Waals surface area (Å²) in [5.74, 6) is 0. The van der Waals surface area contributed by atoms with Gasteiger partial charge in [-0.05, 0) is 84.9 Å². The highest BCUT2D eigenvalue weighted by Gasteiger charge is 2.18. The van der Waals surface area contributed by atoms with Gasteiger partial charge in [-0.1, -0.05) is 72.8 Å². The van der Waals surface area contributed by atoms with E-state index in [9.17, 15) is 0 Å². The van der Waals surface area contributed by atoms with Crippen LogP contribution >= 0.6 is 22.7 Å². The average Bonchev–Trinajstić information content (AvgIpc) is 3.59. The van der Waals surface area contributed by atoms with Gasteiger partial charge in [0.2, 0.25) is 0 Å². The monoisotopic (exact) mass is 574 g/mol. The highest BCUT2D eigenvalue weighted by molar-refractivity contribution is 7.36. The smallest absolute Gasteiger partial charge is 0.0542 e. The summed E-state index contributed by atoms with van der Waals surface area (Å²) in [5.41, 5.74) is 6.93. The molecule has 0 atom stereocenters. The number of rotatable bonds is 6. The van der Waals surface area contributed by atoms with Gasteiger partial charge in [-0.2, -0.15) is 0 Å². The van der Waals surface area contributed by atoms with Gasteiger partial charge in [0, 0.05) is 54.3 Å². The molecule has 42 heavy (non-hydrogen) atoms. The topological polar surface area (TPSA) is 6.48 Å². The van der Waals surface area contributed by atoms with E-state index in [1.54, 1.807) is 0 Å². The zero-order valence-electron chi connectivity index (χ0n) is 22.7. The van der Waals surface area contributed by atoms with Crippen molar-refractivity contribution in [2.45, 2.75) is 0 Å². The Morgan fingerprint density at radius 1 is 0.310 bits per heavy atom. The van der Waals surface area contributed by atoms with E-state index < -0.39 is 0 Å². The lowest BCUT2D eigenvalue weighted by Gasteiger charge is -2.25. The first-order chi connectivity index (χ1) is 20.8. The molecule has 0 bridgehead atoms. The van der Waals surface area contributed by atoms with Crippen molar-refractivity contribution < 1.29 is 0 Å². The van der Waals surface area contributed by atoms with E-state index in [1.807, 2.05) is 22.7 Å². The predicted octanol–water partition coefficient (Wildman–Crippen LogP) is 12.2. The quantitative estimate of drug-likeness (QED) is 0.195. The zero-order valence-corrected chi connectivity index (χ0v) is 24.4. The van der Waals surface area contributed by atoms with Crippen LogP contribution in [-0.2, 0) is 0 Å². The van der Waals surface area contributed by atoms with Gasteiger partial charge in [-0.25, -0.2) is 0 Å². The van der Waals surface area contributed by atoms with E-state index >= 15 is 0 Å². The van der Waals surface area contributed by atoms with E-state index in [0.717, 1.165) is 34.1 Å². The molecular weight excluding hydrogens is 549 g/mol. The molecular formula is C38H26N2S2. The van der Waals surface area contributed by atoms with Crippen LogP contribution < -0.4 is 9.80 Å². The third-order valence-corrected chi connectivity index (χ3v) is 10.2. The first-order valence-electron chi connectivity index (χ1n) is 14.0. The average molecular weight is 575 g/mol. The zero-order chi connectivity index (χ0) is 27.9. The van der Waals surface area contributed by atoms with Crippen LogP contribution in [0.25, 0.3) is 29.6 Å². The lowest BCUT2D eigenvalue weighted by Crippen LogP contribution is -2.09. The minimum atomic E-state index is 1.15. The molecule has 8 aromatic rings. The molecule has 8 rings (SSSR count).